The van der Waals surface area contributed by atoms with Gasteiger partial charge in [0.25, 0.3) is 10.0 Å². The summed E-state index contributed by atoms with van der Waals surface area (Å²) >= 11 is 0. The number of alkyl halides is 1. The average Bonchev–Trinajstić information content (AvgIpc) is 3.03. The predicted octanol–water partition coefficient (Wildman–Crippen LogP) is 2.70. The van der Waals surface area contributed by atoms with Crippen molar-refractivity contribution in [2.45, 2.75) is 24.9 Å². The number of anilines is 1. The van der Waals surface area contributed by atoms with Gasteiger partial charge in [0.2, 0.25) is 5.91 Å². The molecule has 0 spiro atoms. The maximum absolute atomic E-state index is 12.5. The zero-order valence-electron chi connectivity index (χ0n) is 14.2. The van der Waals surface area contributed by atoms with Crippen LogP contribution in [0.1, 0.15) is 18.1 Å². The van der Waals surface area contributed by atoms with Gasteiger partial charge in [-0.1, -0.05) is 6.07 Å². The lowest BCUT2D eigenvalue weighted by molar-refractivity contribution is -0.129. The Balaban J connectivity index is 1.74. The third kappa shape index (κ3) is 3.96. The highest BCUT2D eigenvalue weighted by atomic mass is 32.2. The Morgan fingerprint density at radius 2 is 1.85 bits per heavy atom. The summed E-state index contributed by atoms with van der Waals surface area (Å²) in [7, 11) is -3.76. The van der Waals surface area contributed by atoms with E-state index in [0.29, 0.717) is 24.5 Å². The van der Waals surface area contributed by atoms with Crippen molar-refractivity contribution in [2.24, 2.45) is 0 Å². The summed E-state index contributed by atoms with van der Waals surface area (Å²) in [6.07, 6.45) is 0. The summed E-state index contributed by atoms with van der Waals surface area (Å²) in [4.78, 5) is 13.3. The summed E-state index contributed by atoms with van der Waals surface area (Å²) in [5, 5.41) is 0. The molecule has 8 heteroatoms. The van der Waals surface area contributed by atoms with Gasteiger partial charge in [-0.05, 0) is 47.5 Å². The lowest BCUT2D eigenvalue weighted by Crippen LogP contribution is -2.21. The minimum absolute atomic E-state index is 0.0154. The molecule has 1 N–H and O–H groups in total. The van der Waals surface area contributed by atoms with Crippen molar-refractivity contribution in [2.75, 3.05) is 18.0 Å². The zero-order valence-corrected chi connectivity index (χ0v) is 15.1. The highest BCUT2D eigenvalue weighted by molar-refractivity contribution is 7.92. The number of nitrogens with zero attached hydrogens (tertiary/aromatic N) is 1. The first kappa shape index (κ1) is 18.2. The number of halogens is 1. The number of benzene rings is 2. The quantitative estimate of drug-likeness (QED) is 0.839. The van der Waals surface area contributed by atoms with E-state index in [2.05, 4.69) is 4.72 Å². The van der Waals surface area contributed by atoms with Gasteiger partial charge >= 0.3 is 0 Å². The number of amides is 1. The van der Waals surface area contributed by atoms with Gasteiger partial charge in [-0.3, -0.25) is 9.52 Å². The van der Waals surface area contributed by atoms with Crippen molar-refractivity contribution in [3.8, 4) is 5.75 Å². The Bertz CT molecular complexity index is 913. The van der Waals surface area contributed by atoms with E-state index in [1.807, 2.05) is 6.07 Å². The number of carbonyl (C=O) groups excluding carboxylic acids is 1. The van der Waals surface area contributed by atoms with Gasteiger partial charge in [0.05, 0.1) is 4.90 Å². The zero-order chi connectivity index (χ0) is 18.7. The molecule has 1 aliphatic heterocycles. The van der Waals surface area contributed by atoms with E-state index >= 15 is 0 Å². The van der Waals surface area contributed by atoms with Crippen LogP contribution in [-0.4, -0.2) is 32.5 Å². The van der Waals surface area contributed by atoms with E-state index in [9.17, 15) is 17.6 Å². The van der Waals surface area contributed by atoms with Gasteiger partial charge in [-0.2, -0.15) is 0 Å². The molecule has 0 unspecified atom stereocenters. The van der Waals surface area contributed by atoms with Crippen LogP contribution in [0.5, 0.6) is 5.75 Å². The predicted molar refractivity (Wildman–Crippen MR) is 95.1 cm³/mol. The van der Waals surface area contributed by atoms with Crippen LogP contribution in [0.25, 0.3) is 0 Å². The van der Waals surface area contributed by atoms with Gasteiger partial charge in [0.1, 0.15) is 19.0 Å². The molecule has 3 rings (SSSR count). The highest BCUT2D eigenvalue weighted by Gasteiger charge is 2.22. The number of ether oxygens (including phenoxy) is 1. The Labute approximate surface area is 151 Å². The molecular weight excluding hydrogens is 359 g/mol. The van der Waals surface area contributed by atoms with Crippen LogP contribution in [0.2, 0.25) is 0 Å². The van der Waals surface area contributed by atoms with Crippen LogP contribution < -0.4 is 9.46 Å². The summed E-state index contributed by atoms with van der Waals surface area (Å²) < 4.78 is 44.8. The second-order valence-corrected chi connectivity index (χ2v) is 7.66. The van der Waals surface area contributed by atoms with Crippen LogP contribution in [0, 0.1) is 0 Å². The van der Waals surface area contributed by atoms with Crippen LogP contribution in [0.4, 0.5) is 10.1 Å². The second kappa shape index (κ2) is 7.33. The van der Waals surface area contributed by atoms with E-state index in [-0.39, 0.29) is 17.4 Å². The van der Waals surface area contributed by atoms with Gasteiger partial charge in [-0.15, -0.1) is 0 Å². The molecule has 0 aliphatic carbocycles. The fourth-order valence-corrected chi connectivity index (χ4v) is 3.82. The molecule has 0 atom stereocenters. The van der Waals surface area contributed by atoms with E-state index in [1.165, 1.54) is 31.2 Å². The summed E-state index contributed by atoms with van der Waals surface area (Å²) in [5.41, 5.74) is 2.37. The summed E-state index contributed by atoms with van der Waals surface area (Å²) in [5.74, 6) is 0.391. The Hall–Kier alpha value is -2.61. The van der Waals surface area contributed by atoms with Crippen LogP contribution in [-0.2, 0) is 27.9 Å². The SMILES string of the molecule is CC(=O)N1Cc2ccc(NS(=O)(=O)c3ccc(OCCF)cc3)cc2C1. The number of hydrogen-bond acceptors (Lipinski definition) is 4. The third-order valence-electron chi connectivity index (χ3n) is 4.11. The first-order valence-electron chi connectivity index (χ1n) is 8.08. The standard InChI is InChI=1S/C18H19FN2O4S/c1-13(22)21-11-14-2-3-16(10-15(14)12-21)20-26(23,24)18-6-4-17(5-7-18)25-9-8-19/h2-7,10,20H,8-9,11-12H2,1H3. The molecule has 0 saturated heterocycles. The highest BCUT2D eigenvalue weighted by Crippen LogP contribution is 2.27. The molecule has 0 bridgehead atoms. The molecule has 138 valence electrons. The number of sulfonamides is 1. The number of hydrogen-bond donors (Lipinski definition) is 1. The Kier molecular flexibility index (Phi) is 5.13. The molecule has 6 nitrogen and oxygen atoms in total. The number of fused-ring (bicyclic) bond motifs is 1. The molecule has 1 amide bonds. The van der Waals surface area contributed by atoms with Gasteiger partial charge in [0.15, 0.2) is 0 Å². The van der Waals surface area contributed by atoms with Crippen LogP contribution in [0.15, 0.2) is 47.4 Å². The maximum Gasteiger partial charge on any atom is 0.261 e. The minimum Gasteiger partial charge on any atom is -0.491 e. The fourth-order valence-electron chi connectivity index (χ4n) is 2.77. The van der Waals surface area contributed by atoms with Crippen LogP contribution >= 0.6 is 0 Å². The van der Waals surface area contributed by atoms with E-state index in [0.717, 1.165) is 11.1 Å². The van der Waals surface area contributed by atoms with Gasteiger partial charge in [-0.25, -0.2) is 12.8 Å². The Morgan fingerprint density at radius 1 is 1.15 bits per heavy atom. The molecule has 0 fully saturated rings. The molecule has 0 aromatic heterocycles. The van der Waals surface area contributed by atoms with Crippen molar-refractivity contribution in [3.63, 3.8) is 0 Å². The maximum atomic E-state index is 12.5. The van der Waals surface area contributed by atoms with E-state index in [1.54, 1.807) is 17.0 Å². The number of carbonyl (C=O) groups is 1. The van der Waals surface area contributed by atoms with Gasteiger partial charge in [0, 0.05) is 25.7 Å². The molecule has 26 heavy (non-hydrogen) atoms. The van der Waals surface area contributed by atoms with Crippen molar-refractivity contribution in [1.29, 1.82) is 0 Å². The molecule has 2 aromatic carbocycles. The molecule has 1 aliphatic rings. The molecule has 0 radical (unpaired) electrons. The second-order valence-electron chi connectivity index (χ2n) is 5.97. The average molecular weight is 378 g/mol. The normalized spacial score (nSPS) is 13.4. The first-order chi connectivity index (χ1) is 12.4. The lowest BCUT2D eigenvalue weighted by atomic mass is 10.1. The number of rotatable bonds is 6. The van der Waals surface area contributed by atoms with Crippen molar-refractivity contribution >= 4 is 21.6 Å². The molecular formula is C18H19FN2O4S. The summed E-state index contributed by atoms with van der Waals surface area (Å²) in [6, 6.07) is 11.0. The van der Waals surface area contributed by atoms with E-state index in [4.69, 9.17) is 4.74 Å². The minimum atomic E-state index is -3.76. The van der Waals surface area contributed by atoms with E-state index < -0.39 is 16.7 Å². The van der Waals surface area contributed by atoms with Gasteiger partial charge < -0.3 is 9.64 Å². The lowest BCUT2D eigenvalue weighted by Gasteiger charge is -2.11. The first-order valence-corrected chi connectivity index (χ1v) is 9.56. The van der Waals surface area contributed by atoms with Crippen molar-refractivity contribution < 1.29 is 22.3 Å². The monoisotopic (exact) mass is 378 g/mol. The van der Waals surface area contributed by atoms with Crippen LogP contribution in [0.3, 0.4) is 0 Å². The fraction of sp³-hybridized carbons (Fsp3) is 0.278. The third-order valence-corrected chi connectivity index (χ3v) is 5.50. The summed E-state index contributed by atoms with van der Waals surface area (Å²) in [6.45, 7) is 1.84. The Morgan fingerprint density at radius 3 is 2.50 bits per heavy atom. The molecule has 1 heterocycles. The van der Waals surface area contributed by atoms with Crippen molar-refractivity contribution in [3.05, 3.63) is 53.6 Å². The molecule has 2 aromatic rings. The smallest absolute Gasteiger partial charge is 0.261 e. The number of nitrogens with one attached hydrogen (secondary N) is 1. The molecule has 0 saturated carbocycles. The topological polar surface area (TPSA) is 75.7 Å². The van der Waals surface area contributed by atoms with Crippen molar-refractivity contribution in [1.82, 2.24) is 4.90 Å². The largest absolute Gasteiger partial charge is 0.491 e.